The Morgan fingerprint density at radius 1 is 1.41 bits per heavy atom. The van der Waals surface area contributed by atoms with Gasteiger partial charge in [0.25, 0.3) is 5.91 Å². The quantitative estimate of drug-likeness (QED) is 0.808. The van der Waals surface area contributed by atoms with Crippen LogP contribution in [0, 0.1) is 0 Å². The maximum Gasteiger partial charge on any atom is 0.252 e. The van der Waals surface area contributed by atoms with Crippen LogP contribution >= 0.6 is 39.9 Å². The Labute approximate surface area is 121 Å². The van der Waals surface area contributed by atoms with Crippen LogP contribution in [0.25, 0.3) is 0 Å². The SMILES string of the molecule is CNCCCNC(=O)c1ccc(Br)cc1Cl.Cl. The number of halogens is 3. The fourth-order valence-electron chi connectivity index (χ4n) is 1.24. The second-order valence-electron chi connectivity index (χ2n) is 3.34. The van der Waals surface area contributed by atoms with E-state index in [-0.39, 0.29) is 18.3 Å². The molecular weight excluding hydrogens is 327 g/mol. The predicted molar refractivity (Wildman–Crippen MR) is 77.3 cm³/mol. The number of rotatable bonds is 5. The highest BCUT2D eigenvalue weighted by molar-refractivity contribution is 9.10. The van der Waals surface area contributed by atoms with E-state index in [1.54, 1.807) is 18.2 Å². The van der Waals surface area contributed by atoms with E-state index in [9.17, 15) is 4.79 Å². The summed E-state index contributed by atoms with van der Waals surface area (Å²) in [6, 6.07) is 5.22. The molecule has 1 aromatic rings. The van der Waals surface area contributed by atoms with Crippen LogP contribution in [0.2, 0.25) is 5.02 Å². The molecule has 0 spiro atoms. The molecule has 0 heterocycles. The fourth-order valence-corrected chi connectivity index (χ4v) is 2.00. The largest absolute Gasteiger partial charge is 0.352 e. The summed E-state index contributed by atoms with van der Waals surface area (Å²) in [7, 11) is 1.88. The highest BCUT2D eigenvalue weighted by Crippen LogP contribution is 2.21. The molecule has 0 bridgehead atoms. The van der Waals surface area contributed by atoms with Crippen molar-refractivity contribution in [2.75, 3.05) is 20.1 Å². The number of hydrogen-bond acceptors (Lipinski definition) is 2. The Balaban J connectivity index is 0.00000256. The molecule has 3 nitrogen and oxygen atoms in total. The molecule has 2 N–H and O–H groups in total. The molecule has 0 aliphatic carbocycles. The zero-order chi connectivity index (χ0) is 12.0. The summed E-state index contributed by atoms with van der Waals surface area (Å²) in [4.78, 5) is 11.7. The number of hydrogen-bond donors (Lipinski definition) is 2. The minimum atomic E-state index is -0.131. The Morgan fingerprint density at radius 3 is 2.71 bits per heavy atom. The van der Waals surface area contributed by atoms with E-state index in [2.05, 4.69) is 26.6 Å². The van der Waals surface area contributed by atoms with Crippen LogP contribution in [0.1, 0.15) is 16.8 Å². The number of carbonyl (C=O) groups is 1. The molecule has 17 heavy (non-hydrogen) atoms. The lowest BCUT2D eigenvalue weighted by molar-refractivity contribution is 0.0953. The van der Waals surface area contributed by atoms with Gasteiger partial charge >= 0.3 is 0 Å². The van der Waals surface area contributed by atoms with Crippen molar-refractivity contribution in [1.82, 2.24) is 10.6 Å². The molecule has 0 aliphatic heterocycles. The third-order valence-electron chi connectivity index (χ3n) is 2.06. The second kappa shape index (κ2) is 8.75. The minimum absolute atomic E-state index is 0. The topological polar surface area (TPSA) is 41.1 Å². The van der Waals surface area contributed by atoms with Gasteiger partial charge in [0.05, 0.1) is 10.6 Å². The molecule has 1 aromatic carbocycles. The molecule has 0 aromatic heterocycles. The molecule has 1 amide bonds. The van der Waals surface area contributed by atoms with Gasteiger partial charge in [0.2, 0.25) is 0 Å². The molecule has 96 valence electrons. The van der Waals surface area contributed by atoms with E-state index in [0.717, 1.165) is 17.4 Å². The summed E-state index contributed by atoms with van der Waals surface area (Å²) in [6.45, 7) is 1.53. The van der Waals surface area contributed by atoms with Crippen molar-refractivity contribution in [2.24, 2.45) is 0 Å². The third kappa shape index (κ3) is 5.73. The first kappa shape index (κ1) is 16.7. The molecule has 0 aliphatic rings. The van der Waals surface area contributed by atoms with Crippen LogP contribution in [0.3, 0.4) is 0 Å². The van der Waals surface area contributed by atoms with Gasteiger partial charge in [0.1, 0.15) is 0 Å². The first-order valence-corrected chi connectivity index (χ1v) is 6.20. The number of benzene rings is 1. The van der Waals surface area contributed by atoms with Crippen LogP contribution in [0.5, 0.6) is 0 Å². The van der Waals surface area contributed by atoms with Crippen LogP contribution in [0.15, 0.2) is 22.7 Å². The summed E-state index contributed by atoms with van der Waals surface area (Å²) < 4.78 is 0.865. The average molecular weight is 342 g/mol. The van der Waals surface area contributed by atoms with Gasteiger partial charge in [-0.15, -0.1) is 12.4 Å². The summed E-state index contributed by atoms with van der Waals surface area (Å²) in [6.07, 6.45) is 0.899. The van der Waals surface area contributed by atoms with Crippen LogP contribution in [-0.4, -0.2) is 26.0 Å². The number of amides is 1. The third-order valence-corrected chi connectivity index (χ3v) is 2.87. The van der Waals surface area contributed by atoms with Crippen molar-refractivity contribution >= 4 is 45.8 Å². The first-order chi connectivity index (χ1) is 7.65. The average Bonchev–Trinajstić information content (AvgIpc) is 2.24. The molecule has 0 atom stereocenters. The molecule has 0 radical (unpaired) electrons. The number of carbonyl (C=O) groups excluding carboxylic acids is 1. The predicted octanol–water partition coefficient (Wildman–Crippen LogP) is 2.86. The summed E-state index contributed by atoms with van der Waals surface area (Å²) in [5.74, 6) is -0.131. The Hall–Kier alpha value is -0.290. The second-order valence-corrected chi connectivity index (χ2v) is 4.66. The zero-order valence-electron chi connectivity index (χ0n) is 9.43. The van der Waals surface area contributed by atoms with Gasteiger partial charge in [-0.1, -0.05) is 27.5 Å². The maximum absolute atomic E-state index is 11.7. The Bertz CT molecular complexity index is 374. The Morgan fingerprint density at radius 2 is 2.12 bits per heavy atom. The molecule has 1 rings (SSSR count). The van der Waals surface area contributed by atoms with Crippen molar-refractivity contribution in [2.45, 2.75) is 6.42 Å². The molecule has 0 fully saturated rings. The van der Waals surface area contributed by atoms with E-state index in [1.807, 2.05) is 7.05 Å². The van der Waals surface area contributed by atoms with Crippen LogP contribution in [0.4, 0.5) is 0 Å². The van der Waals surface area contributed by atoms with Gasteiger partial charge < -0.3 is 10.6 Å². The molecule has 0 saturated carbocycles. The van der Waals surface area contributed by atoms with E-state index in [4.69, 9.17) is 11.6 Å². The highest BCUT2D eigenvalue weighted by atomic mass is 79.9. The lowest BCUT2D eigenvalue weighted by atomic mass is 10.2. The molecule has 0 unspecified atom stereocenters. The maximum atomic E-state index is 11.7. The van der Waals surface area contributed by atoms with Crippen LogP contribution in [-0.2, 0) is 0 Å². The molecule has 0 saturated heterocycles. The standard InChI is InChI=1S/C11H14BrClN2O.ClH/c1-14-5-2-6-15-11(16)9-4-3-8(12)7-10(9)13;/h3-4,7,14H,2,5-6H2,1H3,(H,15,16);1H. The summed E-state index contributed by atoms with van der Waals surface area (Å²) in [5, 5.41) is 6.29. The van der Waals surface area contributed by atoms with Crippen molar-refractivity contribution < 1.29 is 4.79 Å². The van der Waals surface area contributed by atoms with E-state index in [0.29, 0.717) is 17.1 Å². The van der Waals surface area contributed by atoms with E-state index in [1.165, 1.54) is 0 Å². The normalized spacial score (nSPS) is 9.59. The lowest BCUT2D eigenvalue weighted by Crippen LogP contribution is -2.26. The lowest BCUT2D eigenvalue weighted by Gasteiger charge is -2.06. The summed E-state index contributed by atoms with van der Waals surface area (Å²) in [5.41, 5.74) is 0.509. The van der Waals surface area contributed by atoms with Gasteiger partial charge in [-0.25, -0.2) is 0 Å². The van der Waals surface area contributed by atoms with Gasteiger partial charge in [-0.3, -0.25) is 4.79 Å². The minimum Gasteiger partial charge on any atom is -0.352 e. The van der Waals surface area contributed by atoms with Gasteiger partial charge in [0.15, 0.2) is 0 Å². The summed E-state index contributed by atoms with van der Waals surface area (Å²) >= 11 is 9.26. The van der Waals surface area contributed by atoms with Gasteiger partial charge in [-0.2, -0.15) is 0 Å². The first-order valence-electron chi connectivity index (χ1n) is 5.03. The monoisotopic (exact) mass is 340 g/mol. The molecule has 6 heteroatoms. The van der Waals surface area contributed by atoms with E-state index < -0.39 is 0 Å². The van der Waals surface area contributed by atoms with Crippen molar-refractivity contribution in [1.29, 1.82) is 0 Å². The van der Waals surface area contributed by atoms with Gasteiger partial charge in [0, 0.05) is 11.0 Å². The Kier molecular flexibility index (Phi) is 8.60. The number of nitrogens with one attached hydrogen (secondary N) is 2. The molecular formula is C11H15BrCl2N2O. The van der Waals surface area contributed by atoms with E-state index >= 15 is 0 Å². The van der Waals surface area contributed by atoms with Crippen molar-refractivity contribution in [3.8, 4) is 0 Å². The van der Waals surface area contributed by atoms with Crippen LogP contribution < -0.4 is 10.6 Å². The fraction of sp³-hybridized carbons (Fsp3) is 0.364. The van der Waals surface area contributed by atoms with Crippen molar-refractivity contribution in [3.63, 3.8) is 0 Å². The zero-order valence-corrected chi connectivity index (χ0v) is 12.6. The van der Waals surface area contributed by atoms with Gasteiger partial charge in [-0.05, 0) is 38.2 Å². The smallest absolute Gasteiger partial charge is 0.252 e. The van der Waals surface area contributed by atoms with Crippen molar-refractivity contribution in [3.05, 3.63) is 33.3 Å². The highest BCUT2D eigenvalue weighted by Gasteiger charge is 2.09.